The molecule has 0 saturated carbocycles. The van der Waals surface area contributed by atoms with E-state index in [0.29, 0.717) is 17.0 Å². The number of aromatic amines is 1. The fraction of sp³-hybridized carbons (Fsp3) is 0.200. The zero-order valence-corrected chi connectivity index (χ0v) is 15.3. The molecule has 7 heteroatoms. The molecule has 0 aliphatic carbocycles. The lowest BCUT2D eigenvalue weighted by Gasteiger charge is -2.07. The van der Waals surface area contributed by atoms with Gasteiger partial charge in [-0.3, -0.25) is 14.9 Å². The van der Waals surface area contributed by atoms with Crippen LogP contribution in [-0.2, 0) is 0 Å². The maximum atomic E-state index is 12.7. The van der Waals surface area contributed by atoms with Crippen LogP contribution in [0.2, 0.25) is 0 Å². The molecule has 0 unspecified atom stereocenters. The zero-order chi connectivity index (χ0) is 19.6. The number of para-hydroxylation sites is 1. The van der Waals surface area contributed by atoms with Crippen LogP contribution >= 0.6 is 0 Å². The van der Waals surface area contributed by atoms with Gasteiger partial charge in [0.2, 0.25) is 0 Å². The predicted octanol–water partition coefficient (Wildman–Crippen LogP) is 4.35. The van der Waals surface area contributed by atoms with Crippen molar-refractivity contribution in [2.45, 2.75) is 26.7 Å². The Labute approximate surface area is 156 Å². The average Bonchev–Trinajstić information content (AvgIpc) is 3.05. The number of aromatic nitrogens is 1. The van der Waals surface area contributed by atoms with Crippen LogP contribution in [0.5, 0.6) is 0 Å². The first-order valence-electron chi connectivity index (χ1n) is 8.58. The van der Waals surface area contributed by atoms with Crippen molar-refractivity contribution in [1.29, 1.82) is 0 Å². The Morgan fingerprint density at radius 2 is 1.81 bits per heavy atom. The number of carbonyl (C=O) groups excluding carboxylic acids is 1. The number of non-ortho nitro benzene ring substituents is 1. The van der Waals surface area contributed by atoms with E-state index in [0.717, 1.165) is 16.5 Å². The molecule has 0 spiro atoms. The first-order valence-corrected chi connectivity index (χ1v) is 8.58. The van der Waals surface area contributed by atoms with Gasteiger partial charge in [-0.25, -0.2) is 5.43 Å². The second-order valence-electron chi connectivity index (χ2n) is 6.56. The molecule has 0 bridgehead atoms. The van der Waals surface area contributed by atoms with Crippen LogP contribution in [0.25, 0.3) is 10.9 Å². The SMILES string of the molecule is C/C(=N\NC(=O)c1[nH]c2ccccc2c1C(C)C)c1ccc([N+](=O)[O-])cc1. The number of carbonyl (C=O) groups is 1. The summed E-state index contributed by atoms with van der Waals surface area (Å²) in [5.41, 5.74) is 6.18. The number of nitrogens with zero attached hydrogens (tertiary/aromatic N) is 2. The summed E-state index contributed by atoms with van der Waals surface area (Å²) in [7, 11) is 0. The monoisotopic (exact) mass is 364 g/mol. The molecule has 0 radical (unpaired) electrons. The van der Waals surface area contributed by atoms with E-state index >= 15 is 0 Å². The number of rotatable bonds is 5. The summed E-state index contributed by atoms with van der Waals surface area (Å²) in [5, 5.41) is 15.9. The fourth-order valence-corrected chi connectivity index (χ4v) is 3.02. The van der Waals surface area contributed by atoms with E-state index in [-0.39, 0.29) is 17.5 Å². The Bertz CT molecular complexity index is 1030. The summed E-state index contributed by atoms with van der Waals surface area (Å²) < 4.78 is 0. The van der Waals surface area contributed by atoms with E-state index in [9.17, 15) is 14.9 Å². The second-order valence-corrected chi connectivity index (χ2v) is 6.56. The Morgan fingerprint density at radius 3 is 2.44 bits per heavy atom. The lowest BCUT2D eigenvalue weighted by atomic mass is 9.99. The van der Waals surface area contributed by atoms with E-state index in [1.807, 2.05) is 38.1 Å². The fourth-order valence-electron chi connectivity index (χ4n) is 3.02. The van der Waals surface area contributed by atoms with Crippen LogP contribution in [0.3, 0.4) is 0 Å². The number of benzene rings is 2. The van der Waals surface area contributed by atoms with Crippen LogP contribution in [0.1, 0.15) is 48.3 Å². The van der Waals surface area contributed by atoms with Crippen molar-refractivity contribution in [2.75, 3.05) is 0 Å². The summed E-state index contributed by atoms with van der Waals surface area (Å²) >= 11 is 0. The topological polar surface area (TPSA) is 100 Å². The molecule has 0 aliphatic rings. The second kappa shape index (κ2) is 7.41. The van der Waals surface area contributed by atoms with Gasteiger partial charge in [-0.15, -0.1) is 0 Å². The minimum atomic E-state index is -0.457. The van der Waals surface area contributed by atoms with Crippen molar-refractivity contribution in [3.05, 3.63) is 75.5 Å². The Balaban J connectivity index is 1.85. The normalized spacial score (nSPS) is 11.8. The highest BCUT2D eigenvalue weighted by Crippen LogP contribution is 2.29. The quantitative estimate of drug-likeness (QED) is 0.400. The van der Waals surface area contributed by atoms with E-state index in [1.165, 1.54) is 12.1 Å². The third-order valence-electron chi connectivity index (χ3n) is 4.37. The van der Waals surface area contributed by atoms with Gasteiger partial charge in [0, 0.05) is 23.0 Å². The van der Waals surface area contributed by atoms with Crippen LogP contribution in [0.15, 0.2) is 53.6 Å². The molecule has 2 N–H and O–H groups in total. The minimum Gasteiger partial charge on any atom is -0.350 e. The van der Waals surface area contributed by atoms with Crippen molar-refractivity contribution in [1.82, 2.24) is 10.4 Å². The van der Waals surface area contributed by atoms with Crippen molar-refractivity contribution in [3.8, 4) is 0 Å². The number of hydrogen-bond donors (Lipinski definition) is 2. The number of hydrogen-bond acceptors (Lipinski definition) is 4. The van der Waals surface area contributed by atoms with Crippen molar-refractivity contribution in [2.24, 2.45) is 5.10 Å². The molecule has 7 nitrogen and oxygen atoms in total. The van der Waals surface area contributed by atoms with Gasteiger partial charge in [0.05, 0.1) is 10.6 Å². The lowest BCUT2D eigenvalue weighted by Crippen LogP contribution is -2.21. The maximum Gasteiger partial charge on any atom is 0.288 e. The molecule has 0 atom stereocenters. The summed E-state index contributed by atoms with van der Waals surface area (Å²) in [6, 6.07) is 13.8. The number of hydrazone groups is 1. The Morgan fingerprint density at radius 1 is 1.15 bits per heavy atom. The highest BCUT2D eigenvalue weighted by molar-refractivity contribution is 6.03. The van der Waals surface area contributed by atoms with E-state index in [2.05, 4.69) is 15.5 Å². The molecule has 138 valence electrons. The number of nitrogens with one attached hydrogen (secondary N) is 2. The molecule has 1 heterocycles. The lowest BCUT2D eigenvalue weighted by molar-refractivity contribution is -0.384. The van der Waals surface area contributed by atoms with Crippen molar-refractivity contribution < 1.29 is 9.72 Å². The standard InChI is InChI=1S/C20H20N4O3/c1-12(2)18-16-6-4-5-7-17(16)21-19(18)20(25)23-22-13(3)14-8-10-15(11-9-14)24(26)27/h4-12,21H,1-3H3,(H,23,25)/b22-13+. The minimum absolute atomic E-state index is 0.00948. The highest BCUT2D eigenvalue weighted by atomic mass is 16.6. The smallest absolute Gasteiger partial charge is 0.288 e. The van der Waals surface area contributed by atoms with Crippen LogP contribution in [0.4, 0.5) is 5.69 Å². The molecule has 1 amide bonds. The third-order valence-corrected chi connectivity index (χ3v) is 4.37. The van der Waals surface area contributed by atoms with Gasteiger partial charge < -0.3 is 4.98 Å². The number of fused-ring (bicyclic) bond motifs is 1. The average molecular weight is 364 g/mol. The van der Waals surface area contributed by atoms with Crippen LogP contribution in [-0.4, -0.2) is 21.5 Å². The zero-order valence-electron chi connectivity index (χ0n) is 15.3. The van der Waals surface area contributed by atoms with Crippen LogP contribution < -0.4 is 5.43 Å². The number of nitro benzene ring substituents is 1. The first-order chi connectivity index (χ1) is 12.9. The van der Waals surface area contributed by atoms with Gasteiger partial charge in [0.25, 0.3) is 11.6 Å². The summed E-state index contributed by atoms with van der Waals surface area (Å²) in [6.07, 6.45) is 0. The van der Waals surface area contributed by atoms with E-state index in [4.69, 9.17) is 0 Å². The molecule has 0 fully saturated rings. The molecule has 2 aromatic carbocycles. The van der Waals surface area contributed by atoms with Gasteiger partial charge in [-0.2, -0.15) is 5.10 Å². The van der Waals surface area contributed by atoms with Crippen molar-refractivity contribution in [3.63, 3.8) is 0 Å². The number of amides is 1. The molecule has 3 aromatic rings. The van der Waals surface area contributed by atoms with Gasteiger partial charge >= 0.3 is 0 Å². The number of H-pyrrole nitrogens is 1. The summed E-state index contributed by atoms with van der Waals surface area (Å²) in [4.78, 5) is 26.1. The summed E-state index contributed by atoms with van der Waals surface area (Å²) in [5.74, 6) is -0.155. The van der Waals surface area contributed by atoms with Crippen molar-refractivity contribution >= 4 is 28.2 Å². The Kier molecular flexibility index (Phi) is 5.03. The van der Waals surface area contributed by atoms with Gasteiger partial charge in [-0.1, -0.05) is 32.0 Å². The molecule has 27 heavy (non-hydrogen) atoms. The predicted molar refractivity (Wildman–Crippen MR) is 105 cm³/mol. The summed E-state index contributed by atoms with van der Waals surface area (Å²) in [6.45, 7) is 5.81. The first kappa shape index (κ1) is 18.3. The van der Waals surface area contributed by atoms with Crippen LogP contribution in [0, 0.1) is 10.1 Å². The van der Waals surface area contributed by atoms with Gasteiger partial charge in [-0.05, 0) is 42.2 Å². The molecule has 0 aliphatic heterocycles. The van der Waals surface area contributed by atoms with E-state index in [1.54, 1.807) is 19.1 Å². The van der Waals surface area contributed by atoms with Gasteiger partial charge in [0.15, 0.2) is 0 Å². The molecular weight excluding hydrogens is 344 g/mol. The third kappa shape index (κ3) is 3.72. The largest absolute Gasteiger partial charge is 0.350 e. The number of nitro groups is 1. The van der Waals surface area contributed by atoms with Gasteiger partial charge in [0.1, 0.15) is 5.69 Å². The highest BCUT2D eigenvalue weighted by Gasteiger charge is 2.19. The molecule has 1 aromatic heterocycles. The maximum absolute atomic E-state index is 12.7. The molecule has 0 saturated heterocycles. The van der Waals surface area contributed by atoms with E-state index < -0.39 is 4.92 Å². The Hall–Kier alpha value is -3.48. The molecular formula is C20H20N4O3. The molecule has 3 rings (SSSR count).